The average molecular weight is 320 g/mol. The third-order valence-corrected chi connectivity index (χ3v) is 5.09. The molecule has 3 heterocycles. The molecule has 3 amide bonds. The summed E-state index contributed by atoms with van der Waals surface area (Å²) in [5, 5.41) is 6.34. The summed E-state index contributed by atoms with van der Waals surface area (Å²) < 4.78 is 0. The first-order chi connectivity index (χ1) is 11.2. The summed E-state index contributed by atoms with van der Waals surface area (Å²) in [6.07, 6.45) is 7.18. The van der Waals surface area contributed by atoms with Gasteiger partial charge in [-0.15, -0.1) is 0 Å². The van der Waals surface area contributed by atoms with E-state index >= 15 is 0 Å². The largest absolute Gasteiger partial charge is 0.352 e. The lowest BCUT2D eigenvalue weighted by atomic mass is 9.97. The molecule has 3 aliphatic rings. The summed E-state index contributed by atoms with van der Waals surface area (Å²) in [5.41, 5.74) is 1.30. The van der Waals surface area contributed by atoms with Crippen LogP contribution in [0.4, 0.5) is 4.79 Å². The Morgan fingerprint density at radius 3 is 2.70 bits per heavy atom. The lowest BCUT2D eigenvalue weighted by Crippen LogP contribution is -2.49. The van der Waals surface area contributed by atoms with E-state index in [0.29, 0.717) is 13.1 Å². The minimum atomic E-state index is -0.0578. The molecule has 0 spiro atoms. The molecule has 0 bridgehead atoms. The summed E-state index contributed by atoms with van der Waals surface area (Å²) >= 11 is 0. The first-order valence-corrected chi connectivity index (χ1v) is 8.94. The monoisotopic (exact) mass is 320 g/mol. The smallest absolute Gasteiger partial charge is 0.320 e. The molecule has 0 radical (unpaired) electrons. The molecule has 1 atom stereocenters. The first-order valence-electron chi connectivity index (χ1n) is 8.94. The van der Waals surface area contributed by atoms with Gasteiger partial charge in [-0.2, -0.15) is 0 Å². The number of carbonyl (C=O) groups excluding carboxylic acids is 2. The van der Waals surface area contributed by atoms with Crippen molar-refractivity contribution in [3.63, 3.8) is 0 Å². The summed E-state index contributed by atoms with van der Waals surface area (Å²) in [5.74, 6) is 0.0426. The number of nitrogens with zero attached hydrogens (tertiary/aromatic N) is 2. The second-order valence-corrected chi connectivity index (χ2v) is 6.80. The van der Waals surface area contributed by atoms with Crippen LogP contribution < -0.4 is 10.6 Å². The van der Waals surface area contributed by atoms with Gasteiger partial charge >= 0.3 is 6.03 Å². The maximum Gasteiger partial charge on any atom is 0.320 e. The van der Waals surface area contributed by atoms with Gasteiger partial charge in [-0.1, -0.05) is 11.6 Å². The highest BCUT2D eigenvalue weighted by atomic mass is 16.2. The van der Waals surface area contributed by atoms with Gasteiger partial charge in [-0.3, -0.25) is 4.79 Å². The number of amides is 3. The Morgan fingerprint density at radius 1 is 1.17 bits per heavy atom. The van der Waals surface area contributed by atoms with Crippen molar-refractivity contribution in [1.82, 2.24) is 20.4 Å². The van der Waals surface area contributed by atoms with Crippen molar-refractivity contribution in [2.24, 2.45) is 5.92 Å². The molecule has 3 rings (SSSR count). The van der Waals surface area contributed by atoms with Gasteiger partial charge in [0.1, 0.15) is 0 Å². The number of rotatable bonds is 3. The summed E-state index contributed by atoms with van der Waals surface area (Å²) in [4.78, 5) is 28.7. The summed E-state index contributed by atoms with van der Waals surface area (Å²) in [7, 11) is 0. The lowest BCUT2D eigenvalue weighted by molar-refractivity contribution is -0.126. The van der Waals surface area contributed by atoms with E-state index in [1.807, 2.05) is 9.80 Å². The van der Waals surface area contributed by atoms with Crippen molar-refractivity contribution in [1.29, 1.82) is 0 Å². The van der Waals surface area contributed by atoms with Gasteiger partial charge in [0.25, 0.3) is 0 Å². The van der Waals surface area contributed by atoms with Crippen LogP contribution in [0, 0.1) is 5.92 Å². The standard InChI is InChI=1S/C17H28N4O2/c22-16(19-12-14-5-7-18-8-6-14)15-4-3-11-21(13-15)17(23)20-9-1-2-10-20/h5,15,18H,1-4,6-13H2,(H,19,22). The van der Waals surface area contributed by atoms with E-state index in [2.05, 4.69) is 16.7 Å². The van der Waals surface area contributed by atoms with E-state index in [1.54, 1.807) is 0 Å². The number of nitrogens with one attached hydrogen (secondary N) is 2. The molecular formula is C17H28N4O2. The zero-order valence-corrected chi connectivity index (χ0v) is 13.9. The molecule has 0 saturated carbocycles. The van der Waals surface area contributed by atoms with Gasteiger partial charge in [0.15, 0.2) is 0 Å². The SMILES string of the molecule is O=C(NCC1=CCNCC1)C1CCCN(C(=O)N2CCCC2)C1. The van der Waals surface area contributed by atoms with E-state index in [4.69, 9.17) is 0 Å². The molecule has 128 valence electrons. The predicted octanol–water partition coefficient (Wildman–Crippen LogP) is 0.950. The van der Waals surface area contributed by atoms with Crippen LogP contribution in [0.5, 0.6) is 0 Å². The van der Waals surface area contributed by atoms with Gasteiger partial charge in [0, 0.05) is 39.3 Å². The molecular weight excluding hydrogens is 292 g/mol. The zero-order valence-electron chi connectivity index (χ0n) is 13.9. The highest BCUT2D eigenvalue weighted by Crippen LogP contribution is 2.20. The molecule has 0 aromatic heterocycles. The molecule has 0 aliphatic carbocycles. The molecule has 0 aromatic rings. The number of carbonyl (C=O) groups is 2. The Labute approximate surface area is 138 Å². The number of piperidine rings is 1. The van der Waals surface area contributed by atoms with E-state index in [1.165, 1.54) is 5.57 Å². The van der Waals surface area contributed by atoms with Crippen molar-refractivity contribution in [3.8, 4) is 0 Å². The van der Waals surface area contributed by atoms with Crippen LogP contribution in [0.3, 0.4) is 0 Å². The van der Waals surface area contributed by atoms with Gasteiger partial charge in [-0.25, -0.2) is 4.79 Å². The Hall–Kier alpha value is -1.56. The second kappa shape index (κ2) is 7.81. The topological polar surface area (TPSA) is 64.7 Å². The molecule has 3 aliphatic heterocycles. The molecule has 2 N–H and O–H groups in total. The third-order valence-electron chi connectivity index (χ3n) is 5.09. The Balaban J connectivity index is 1.48. The average Bonchev–Trinajstić information content (AvgIpc) is 3.14. The molecule has 6 heteroatoms. The number of hydrogen-bond donors (Lipinski definition) is 2. The maximum absolute atomic E-state index is 12.5. The lowest BCUT2D eigenvalue weighted by Gasteiger charge is -2.34. The minimum absolute atomic E-state index is 0.0578. The Bertz CT molecular complexity index is 471. The van der Waals surface area contributed by atoms with Gasteiger partial charge < -0.3 is 20.4 Å². The van der Waals surface area contributed by atoms with Gasteiger partial charge in [-0.05, 0) is 38.6 Å². The van der Waals surface area contributed by atoms with Crippen LogP contribution in [0.2, 0.25) is 0 Å². The first kappa shape index (κ1) is 16.3. The Morgan fingerprint density at radius 2 is 1.96 bits per heavy atom. The molecule has 23 heavy (non-hydrogen) atoms. The van der Waals surface area contributed by atoms with E-state index in [0.717, 1.165) is 64.8 Å². The van der Waals surface area contributed by atoms with Crippen LogP contribution in [-0.4, -0.2) is 67.6 Å². The quantitative estimate of drug-likeness (QED) is 0.761. The van der Waals surface area contributed by atoms with Gasteiger partial charge in [0.2, 0.25) is 5.91 Å². The molecule has 6 nitrogen and oxygen atoms in total. The molecule has 0 aromatic carbocycles. The number of likely N-dealkylation sites (tertiary alicyclic amines) is 2. The fourth-order valence-electron chi connectivity index (χ4n) is 3.65. The fourth-order valence-corrected chi connectivity index (χ4v) is 3.65. The van der Waals surface area contributed by atoms with E-state index in [-0.39, 0.29) is 17.9 Å². The van der Waals surface area contributed by atoms with Crippen LogP contribution in [0.25, 0.3) is 0 Å². The number of urea groups is 1. The fraction of sp³-hybridized carbons (Fsp3) is 0.765. The normalized spacial score (nSPS) is 25.2. The van der Waals surface area contributed by atoms with Crippen molar-refractivity contribution in [2.75, 3.05) is 45.8 Å². The third kappa shape index (κ3) is 4.25. The summed E-state index contributed by atoms with van der Waals surface area (Å²) in [6.45, 7) is 5.63. The molecule has 2 saturated heterocycles. The molecule has 2 fully saturated rings. The second-order valence-electron chi connectivity index (χ2n) is 6.80. The minimum Gasteiger partial charge on any atom is -0.352 e. The summed E-state index contributed by atoms with van der Waals surface area (Å²) in [6, 6.07) is 0.126. The zero-order chi connectivity index (χ0) is 16.1. The highest BCUT2D eigenvalue weighted by molar-refractivity contribution is 5.81. The van der Waals surface area contributed by atoms with Crippen LogP contribution >= 0.6 is 0 Å². The number of hydrogen-bond acceptors (Lipinski definition) is 3. The van der Waals surface area contributed by atoms with Crippen molar-refractivity contribution < 1.29 is 9.59 Å². The van der Waals surface area contributed by atoms with Crippen LogP contribution in [-0.2, 0) is 4.79 Å². The Kier molecular flexibility index (Phi) is 5.54. The predicted molar refractivity (Wildman–Crippen MR) is 89.1 cm³/mol. The van der Waals surface area contributed by atoms with Crippen molar-refractivity contribution >= 4 is 11.9 Å². The maximum atomic E-state index is 12.5. The highest BCUT2D eigenvalue weighted by Gasteiger charge is 2.31. The van der Waals surface area contributed by atoms with Crippen LogP contribution in [0.1, 0.15) is 32.1 Å². The van der Waals surface area contributed by atoms with E-state index in [9.17, 15) is 9.59 Å². The van der Waals surface area contributed by atoms with Crippen LogP contribution in [0.15, 0.2) is 11.6 Å². The van der Waals surface area contributed by atoms with Crippen molar-refractivity contribution in [2.45, 2.75) is 32.1 Å². The van der Waals surface area contributed by atoms with Gasteiger partial charge in [0.05, 0.1) is 5.92 Å². The van der Waals surface area contributed by atoms with E-state index < -0.39 is 0 Å². The van der Waals surface area contributed by atoms with Crippen molar-refractivity contribution in [3.05, 3.63) is 11.6 Å². The molecule has 1 unspecified atom stereocenters.